The van der Waals surface area contributed by atoms with Gasteiger partial charge in [0, 0.05) is 32.1 Å². The summed E-state index contributed by atoms with van der Waals surface area (Å²) in [6.45, 7) is 4.33. The standard InChI is InChI=1S/C12H17N3O2/c1-10(16)15-5-6-17-9-11(8-15)7-12-3-2-4-13-14-12/h2-4,11H,5-9H2,1H3. The molecule has 0 spiro atoms. The molecule has 1 fully saturated rings. The molecule has 1 atom stereocenters. The van der Waals surface area contributed by atoms with Gasteiger partial charge >= 0.3 is 0 Å². The topological polar surface area (TPSA) is 55.3 Å². The van der Waals surface area contributed by atoms with Gasteiger partial charge in [0.25, 0.3) is 0 Å². The second kappa shape index (κ2) is 5.72. The van der Waals surface area contributed by atoms with Gasteiger partial charge in [0.15, 0.2) is 0 Å². The first-order valence-corrected chi connectivity index (χ1v) is 5.85. The number of ether oxygens (including phenoxy) is 1. The van der Waals surface area contributed by atoms with Crippen molar-refractivity contribution in [2.24, 2.45) is 5.92 Å². The fourth-order valence-electron chi connectivity index (χ4n) is 2.03. The van der Waals surface area contributed by atoms with Crippen LogP contribution in [0.3, 0.4) is 0 Å². The summed E-state index contributed by atoms with van der Waals surface area (Å²) in [6, 6.07) is 3.83. The lowest BCUT2D eigenvalue weighted by Crippen LogP contribution is -2.34. The first-order valence-electron chi connectivity index (χ1n) is 5.85. The molecular weight excluding hydrogens is 218 g/mol. The summed E-state index contributed by atoms with van der Waals surface area (Å²) >= 11 is 0. The normalized spacial score (nSPS) is 21.0. The van der Waals surface area contributed by atoms with E-state index in [1.807, 2.05) is 17.0 Å². The number of rotatable bonds is 2. The number of nitrogens with zero attached hydrogens (tertiary/aromatic N) is 3. The van der Waals surface area contributed by atoms with E-state index in [1.165, 1.54) is 0 Å². The van der Waals surface area contributed by atoms with Crippen LogP contribution in [0.25, 0.3) is 0 Å². The molecule has 17 heavy (non-hydrogen) atoms. The molecule has 0 N–H and O–H groups in total. The van der Waals surface area contributed by atoms with Gasteiger partial charge in [-0.2, -0.15) is 10.2 Å². The highest BCUT2D eigenvalue weighted by Crippen LogP contribution is 2.12. The smallest absolute Gasteiger partial charge is 0.219 e. The van der Waals surface area contributed by atoms with Gasteiger partial charge in [-0.25, -0.2) is 0 Å². The Morgan fingerprint density at radius 1 is 1.65 bits per heavy atom. The Morgan fingerprint density at radius 3 is 3.24 bits per heavy atom. The van der Waals surface area contributed by atoms with Crippen LogP contribution in [0, 0.1) is 5.92 Å². The Bertz CT molecular complexity index is 369. The number of aromatic nitrogens is 2. The molecule has 2 heterocycles. The maximum atomic E-state index is 11.4. The quantitative estimate of drug-likeness (QED) is 0.749. The predicted molar refractivity (Wildman–Crippen MR) is 62.3 cm³/mol. The first kappa shape index (κ1) is 12.0. The summed E-state index contributed by atoms with van der Waals surface area (Å²) in [6.07, 6.45) is 2.46. The Hall–Kier alpha value is -1.49. The van der Waals surface area contributed by atoms with Gasteiger partial charge < -0.3 is 9.64 Å². The van der Waals surface area contributed by atoms with Crippen LogP contribution in [0.4, 0.5) is 0 Å². The van der Waals surface area contributed by atoms with Gasteiger partial charge in [-0.1, -0.05) is 0 Å². The molecule has 1 aromatic heterocycles. The average Bonchev–Trinajstić information content (AvgIpc) is 2.56. The Balaban J connectivity index is 1.97. The number of carbonyl (C=O) groups is 1. The minimum Gasteiger partial charge on any atom is -0.379 e. The number of carbonyl (C=O) groups excluding carboxylic acids is 1. The fourth-order valence-corrected chi connectivity index (χ4v) is 2.03. The van der Waals surface area contributed by atoms with Gasteiger partial charge in [-0.05, 0) is 18.6 Å². The summed E-state index contributed by atoms with van der Waals surface area (Å²) < 4.78 is 5.52. The molecule has 1 saturated heterocycles. The molecule has 1 unspecified atom stereocenters. The van der Waals surface area contributed by atoms with Crippen LogP contribution in [0.5, 0.6) is 0 Å². The van der Waals surface area contributed by atoms with Gasteiger partial charge in [0.2, 0.25) is 5.91 Å². The van der Waals surface area contributed by atoms with Crippen LogP contribution < -0.4 is 0 Å². The Labute approximate surface area is 101 Å². The molecule has 5 nitrogen and oxygen atoms in total. The third-order valence-electron chi connectivity index (χ3n) is 2.91. The molecule has 0 saturated carbocycles. The van der Waals surface area contributed by atoms with E-state index in [4.69, 9.17) is 4.74 Å². The molecule has 92 valence electrons. The molecule has 0 bridgehead atoms. The molecule has 1 aromatic rings. The summed E-state index contributed by atoms with van der Waals surface area (Å²) in [5.74, 6) is 0.415. The Kier molecular flexibility index (Phi) is 4.03. The molecule has 5 heteroatoms. The summed E-state index contributed by atoms with van der Waals surface area (Å²) in [7, 11) is 0. The van der Waals surface area contributed by atoms with Crippen molar-refractivity contribution in [3.8, 4) is 0 Å². The molecule has 1 aliphatic heterocycles. The number of hydrogen-bond acceptors (Lipinski definition) is 4. The van der Waals surface area contributed by atoms with E-state index in [9.17, 15) is 4.79 Å². The lowest BCUT2D eigenvalue weighted by molar-refractivity contribution is -0.129. The fraction of sp³-hybridized carbons (Fsp3) is 0.583. The van der Waals surface area contributed by atoms with Crippen molar-refractivity contribution in [1.82, 2.24) is 15.1 Å². The zero-order chi connectivity index (χ0) is 12.1. The maximum Gasteiger partial charge on any atom is 0.219 e. The summed E-state index contributed by atoms with van der Waals surface area (Å²) in [4.78, 5) is 13.2. The highest BCUT2D eigenvalue weighted by Gasteiger charge is 2.20. The van der Waals surface area contributed by atoms with Crippen LogP contribution in [0.1, 0.15) is 12.6 Å². The lowest BCUT2D eigenvalue weighted by Gasteiger charge is -2.21. The molecule has 2 rings (SSSR count). The van der Waals surface area contributed by atoms with Gasteiger partial charge in [0.05, 0.1) is 18.9 Å². The summed E-state index contributed by atoms with van der Waals surface area (Å²) in [5.41, 5.74) is 0.950. The first-order chi connectivity index (χ1) is 8.25. The van der Waals surface area contributed by atoms with Crippen molar-refractivity contribution >= 4 is 5.91 Å². The largest absolute Gasteiger partial charge is 0.379 e. The second-order valence-corrected chi connectivity index (χ2v) is 4.33. The second-order valence-electron chi connectivity index (χ2n) is 4.33. The number of amides is 1. The third kappa shape index (κ3) is 3.49. The van der Waals surface area contributed by atoms with Gasteiger partial charge in [-0.3, -0.25) is 4.79 Å². The molecular formula is C12H17N3O2. The van der Waals surface area contributed by atoms with Crippen molar-refractivity contribution in [2.75, 3.05) is 26.3 Å². The molecule has 0 radical (unpaired) electrons. The van der Waals surface area contributed by atoms with E-state index in [0.29, 0.717) is 25.7 Å². The van der Waals surface area contributed by atoms with Crippen molar-refractivity contribution in [2.45, 2.75) is 13.3 Å². The minimum atomic E-state index is 0.111. The van der Waals surface area contributed by atoms with Crippen molar-refractivity contribution < 1.29 is 9.53 Å². The zero-order valence-corrected chi connectivity index (χ0v) is 10.0. The minimum absolute atomic E-state index is 0.111. The van der Waals surface area contributed by atoms with Crippen LogP contribution in [0.15, 0.2) is 18.3 Å². The van der Waals surface area contributed by atoms with Crippen LogP contribution in [-0.2, 0) is 16.0 Å². The summed E-state index contributed by atoms with van der Waals surface area (Å²) in [5, 5.41) is 7.92. The predicted octanol–water partition coefficient (Wildman–Crippen LogP) is 0.514. The van der Waals surface area contributed by atoms with Crippen molar-refractivity contribution in [3.63, 3.8) is 0 Å². The highest BCUT2D eigenvalue weighted by atomic mass is 16.5. The van der Waals surface area contributed by atoms with Crippen molar-refractivity contribution in [3.05, 3.63) is 24.0 Å². The zero-order valence-electron chi connectivity index (χ0n) is 10.0. The highest BCUT2D eigenvalue weighted by molar-refractivity contribution is 5.73. The number of hydrogen-bond donors (Lipinski definition) is 0. The van der Waals surface area contributed by atoms with E-state index in [-0.39, 0.29) is 5.91 Å². The SMILES string of the molecule is CC(=O)N1CCOCC(Cc2cccnn2)C1. The third-order valence-corrected chi connectivity index (χ3v) is 2.91. The molecule has 1 aliphatic rings. The van der Waals surface area contributed by atoms with Crippen LogP contribution in [-0.4, -0.2) is 47.3 Å². The van der Waals surface area contributed by atoms with Crippen LogP contribution >= 0.6 is 0 Å². The average molecular weight is 235 g/mol. The van der Waals surface area contributed by atoms with Gasteiger partial charge in [0.1, 0.15) is 0 Å². The van der Waals surface area contributed by atoms with Gasteiger partial charge in [-0.15, -0.1) is 0 Å². The van der Waals surface area contributed by atoms with E-state index < -0.39 is 0 Å². The van der Waals surface area contributed by atoms with E-state index in [0.717, 1.165) is 18.7 Å². The Morgan fingerprint density at radius 2 is 2.53 bits per heavy atom. The molecule has 1 amide bonds. The lowest BCUT2D eigenvalue weighted by atomic mass is 10.0. The maximum absolute atomic E-state index is 11.4. The molecule has 0 aliphatic carbocycles. The van der Waals surface area contributed by atoms with Crippen LogP contribution in [0.2, 0.25) is 0 Å². The molecule has 0 aromatic carbocycles. The van der Waals surface area contributed by atoms with E-state index in [2.05, 4.69) is 10.2 Å². The monoisotopic (exact) mass is 235 g/mol. The van der Waals surface area contributed by atoms with E-state index in [1.54, 1.807) is 13.1 Å². The van der Waals surface area contributed by atoms with Crippen molar-refractivity contribution in [1.29, 1.82) is 0 Å². The van der Waals surface area contributed by atoms with E-state index >= 15 is 0 Å².